The molecule has 0 radical (unpaired) electrons. The van der Waals surface area contributed by atoms with Gasteiger partial charge in [-0.1, -0.05) is 13.8 Å². The highest BCUT2D eigenvalue weighted by Crippen LogP contribution is 2.70. The monoisotopic (exact) mass is 534 g/mol. The first-order chi connectivity index (χ1) is 17.7. The van der Waals surface area contributed by atoms with Crippen molar-refractivity contribution < 1.29 is 49.7 Å². The molecule has 210 valence electrons. The number of fused-ring (bicyclic) bond motifs is 5. The van der Waals surface area contributed by atoms with Gasteiger partial charge in [0, 0.05) is 12.3 Å². The van der Waals surface area contributed by atoms with Crippen LogP contribution < -0.4 is 4.74 Å². The Hall–Kier alpha value is -2.08. The van der Waals surface area contributed by atoms with Crippen LogP contribution in [0, 0.1) is 22.7 Å². The summed E-state index contributed by atoms with van der Waals surface area (Å²) >= 11 is 0. The second-order valence-corrected chi connectivity index (χ2v) is 12.4. The van der Waals surface area contributed by atoms with E-state index in [-0.39, 0.29) is 35.4 Å². The summed E-state index contributed by atoms with van der Waals surface area (Å²) in [6.45, 7) is 6.76. The van der Waals surface area contributed by atoms with Crippen LogP contribution in [0.15, 0.2) is 12.1 Å². The highest BCUT2D eigenvalue weighted by molar-refractivity contribution is 5.94. The zero-order valence-corrected chi connectivity index (χ0v) is 22.1. The average molecular weight is 535 g/mol. The molecular weight excluding hydrogens is 496 g/mol. The van der Waals surface area contributed by atoms with Crippen LogP contribution >= 0.6 is 0 Å². The maximum Gasteiger partial charge on any atom is 0.229 e. The number of hydrogen-bond acceptors (Lipinski definition) is 10. The van der Waals surface area contributed by atoms with Crippen LogP contribution in [-0.4, -0.2) is 85.6 Å². The molecule has 1 heterocycles. The average Bonchev–Trinajstić information content (AvgIpc) is 3.04. The highest BCUT2D eigenvalue weighted by Gasteiger charge is 2.71. The van der Waals surface area contributed by atoms with Crippen molar-refractivity contribution in [1.29, 1.82) is 0 Å². The number of aliphatic hydroxyl groups is 5. The number of ketones is 2. The van der Waals surface area contributed by atoms with E-state index < -0.39 is 65.6 Å². The summed E-state index contributed by atoms with van der Waals surface area (Å²) in [6, 6.07) is 3.09. The number of ether oxygens (including phenoxy) is 2. The van der Waals surface area contributed by atoms with Gasteiger partial charge in [0.05, 0.1) is 18.1 Å². The molecule has 38 heavy (non-hydrogen) atoms. The van der Waals surface area contributed by atoms with Crippen molar-refractivity contribution in [2.75, 3.05) is 6.61 Å². The minimum atomic E-state index is -1.66. The van der Waals surface area contributed by atoms with E-state index in [2.05, 4.69) is 6.92 Å². The molecule has 10 nitrogen and oxygen atoms in total. The molecule has 11 atom stereocenters. The zero-order chi connectivity index (χ0) is 27.9. The fourth-order valence-electron chi connectivity index (χ4n) is 8.42. The van der Waals surface area contributed by atoms with Crippen LogP contribution in [0.3, 0.4) is 0 Å². The van der Waals surface area contributed by atoms with Crippen molar-refractivity contribution in [3.63, 3.8) is 0 Å². The molecule has 1 aromatic carbocycles. The predicted octanol–water partition coefficient (Wildman–Crippen LogP) is 0.346. The summed E-state index contributed by atoms with van der Waals surface area (Å²) in [7, 11) is 0. The van der Waals surface area contributed by atoms with E-state index in [0.717, 1.165) is 5.56 Å². The predicted molar refractivity (Wildman–Crippen MR) is 132 cm³/mol. The summed E-state index contributed by atoms with van der Waals surface area (Å²) < 4.78 is 11.2. The lowest BCUT2D eigenvalue weighted by molar-refractivity contribution is -0.277. The molecule has 5 rings (SSSR count). The number of phenols is 1. The number of aromatic hydroxyl groups is 1. The van der Waals surface area contributed by atoms with Crippen molar-refractivity contribution in [3.8, 4) is 11.5 Å². The van der Waals surface area contributed by atoms with Crippen molar-refractivity contribution in [2.45, 2.75) is 95.6 Å². The summed E-state index contributed by atoms with van der Waals surface area (Å²) in [4.78, 5) is 26.6. The van der Waals surface area contributed by atoms with Crippen LogP contribution in [0.4, 0.5) is 0 Å². The number of hydrogen-bond donors (Lipinski definition) is 6. The molecule has 3 fully saturated rings. The quantitative estimate of drug-likeness (QED) is 0.316. The van der Waals surface area contributed by atoms with E-state index in [9.17, 15) is 40.2 Å². The minimum Gasteiger partial charge on any atom is -0.504 e. The minimum absolute atomic E-state index is 0.0479. The van der Waals surface area contributed by atoms with Crippen molar-refractivity contribution in [1.82, 2.24) is 0 Å². The SMILES string of the molecule is CC(=O)[C@H]1[C@H](O)C[C@@]2(C)[C@@H]3CCc4cc(O)c(OC5OC(CO)C(O)C(O)C5O)cc4[C@@]3(C)C(=O)C[C@]12C. The Morgan fingerprint density at radius 2 is 1.76 bits per heavy atom. The first-order valence-electron chi connectivity index (χ1n) is 13.3. The van der Waals surface area contributed by atoms with Gasteiger partial charge in [-0.2, -0.15) is 0 Å². The fraction of sp³-hybridized carbons (Fsp3) is 0.714. The number of carbonyl (C=O) groups is 2. The van der Waals surface area contributed by atoms with Gasteiger partial charge in [0.2, 0.25) is 6.29 Å². The summed E-state index contributed by atoms with van der Waals surface area (Å²) in [5.74, 6) is -1.28. The Bertz CT molecular complexity index is 1150. The normalized spacial score (nSPS) is 46.2. The largest absolute Gasteiger partial charge is 0.504 e. The molecule has 2 saturated carbocycles. The Kier molecular flexibility index (Phi) is 6.49. The zero-order valence-electron chi connectivity index (χ0n) is 22.1. The maximum atomic E-state index is 14.0. The van der Waals surface area contributed by atoms with Gasteiger partial charge < -0.3 is 40.1 Å². The summed E-state index contributed by atoms with van der Waals surface area (Å²) in [5, 5.41) is 61.8. The van der Waals surface area contributed by atoms with Crippen LogP contribution in [0.25, 0.3) is 0 Å². The van der Waals surface area contributed by atoms with E-state index >= 15 is 0 Å². The molecule has 1 saturated heterocycles. The smallest absolute Gasteiger partial charge is 0.229 e. The van der Waals surface area contributed by atoms with E-state index in [4.69, 9.17) is 9.47 Å². The van der Waals surface area contributed by atoms with Crippen molar-refractivity contribution >= 4 is 11.6 Å². The number of aliphatic hydroxyl groups excluding tert-OH is 5. The fourth-order valence-corrected chi connectivity index (χ4v) is 8.42. The van der Waals surface area contributed by atoms with E-state index in [1.165, 1.54) is 13.0 Å². The van der Waals surface area contributed by atoms with Gasteiger partial charge >= 0.3 is 0 Å². The third-order valence-corrected chi connectivity index (χ3v) is 10.6. The van der Waals surface area contributed by atoms with Crippen molar-refractivity contribution in [3.05, 3.63) is 23.3 Å². The number of benzene rings is 1. The third-order valence-electron chi connectivity index (χ3n) is 10.6. The molecular formula is C28H38O10. The number of aryl methyl sites for hydroxylation is 1. The molecule has 0 spiro atoms. The molecule has 0 aromatic heterocycles. The van der Waals surface area contributed by atoms with Crippen LogP contribution in [0.2, 0.25) is 0 Å². The number of carbonyl (C=O) groups excluding carboxylic acids is 2. The molecule has 4 aliphatic rings. The molecule has 6 N–H and O–H groups in total. The Labute approximate surface area is 221 Å². The topological polar surface area (TPSA) is 174 Å². The standard InChI is InChI=1S/C28H38O10/c1-12(30)21-16(32)9-26(2)19-6-5-13-7-15(31)17(8-14(13)28(19,4)20(33)10-27(21,26)3)37-25-24(36)23(35)22(34)18(11-29)38-25/h7-8,16,18-19,21-25,29,31-32,34-36H,5-6,9-11H2,1-4H3/t16-,18?,19+,21+,22?,23?,24?,25?,26+,27-,28-/m1/s1. The van der Waals surface area contributed by atoms with Gasteiger partial charge in [0.25, 0.3) is 0 Å². The number of Topliss-reactive ketones (excluding diaryl/α,β-unsaturated/α-hetero) is 2. The second kappa shape index (κ2) is 8.97. The lowest BCUT2D eigenvalue weighted by Crippen LogP contribution is -2.61. The van der Waals surface area contributed by atoms with Gasteiger partial charge in [0.1, 0.15) is 36.0 Å². The van der Waals surface area contributed by atoms with Gasteiger partial charge in [-0.3, -0.25) is 9.59 Å². The molecule has 3 aliphatic carbocycles. The summed E-state index contributed by atoms with van der Waals surface area (Å²) in [5.41, 5.74) is -0.720. The highest BCUT2D eigenvalue weighted by atomic mass is 16.7. The van der Waals surface area contributed by atoms with Gasteiger partial charge in [-0.25, -0.2) is 0 Å². The van der Waals surface area contributed by atoms with E-state index in [1.54, 1.807) is 6.07 Å². The van der Waals surface area contributed by atoms with E-state index in [0.29, 0.717) is 24.8 Å². The number of rotatable bonds is 4. The third kappa shape index (κ3) is 3.54. The van der Waals surface area contributed by atoms with Gasteiger partial charge in [-0.05, 0) is 73.1 Å². The van der Waals surface area contributed by atoms with Gasteiger partial charge in [0.15, 0.2) is 11.5 Å². The molecule has 0 bridgehead atoms. The van der Waals surface area contributed by atoms with Crippen molar-refractivity contribution in [2.24, 2.45) is 22.7 Å². The maximum absolute atomic E-state index is 14.0. The number of phenolic OH excluding ortho intramolecular Hbond substituents is 1. The van der Waals surface area contributed by atoms with Gasteiger partial charge in [-0.15, -0.1) is 0 Å². The summed E-state index contributed by atoms with van der Waals surface area (Å²) in [6.07, 6.45) is -6.62. The first kappa shape index (κ1) is 27.5. The molecule has 1 aliphatic heterocycles. The van der Waals surface area contributed by atoms with Crippen LogP contribution in [0.5, 0.6) is 11.5 Å². The molecule has 5 unspecified atom stereocenters. The van der Waals surface area contributed by atoms with Crippen LogP contribution in [0.1, 0.15) is 58.1 Å². The van der Waals surface area contributed by atoms with E-state index in [1.807, 2.05) is 13.8 Å². The van der Waals surface area contributed by atoms with Crippen LogP contribution in [-0.2, 0) is 26.2 Å². The Morgan fingerprint density at radius 3 is 2.39 bits per heavy atom. The second-order valence-electron chi connectivity index (χ2n) is 12.4. The Balaban J connectivity index is 1.54. The molecule has 0 amide bonds. The Morgan fingerprint density at radius 1 is 1.08 bits per heavy atom. The molecule has 1 aromatic rings. The lowest BCUT2D eigenvalue weighted by Gasteiger charge is -2.60. The first-order valence-corrected chi connectivity index (χ1v) is 13.3. The lowest BCUT2D eigenvalue weighted by atomic mass is 9.42. The molecule has 10 heteroatoms.